The quantitative estimate of drug-likeness (QED) is 0.456. The van der Waals surface area contributed by atoms with Crippen molar-refractivity contribution in [3.8, 4) is 5.75 Å². The molecule has 3 N–H and O–H groups in total. The van der Waals surface area contributed by atoms with E-state index < -0.39 is 0 Å². The van der Waals surface area contributed by atoms with E-state index in [1.165, 1.54) is 11.3 Å². The highest BCUT2D eigenvalue weighted by Gasteiger charge is 2.17. The van der Waals surface area contributed by atoms with Gasteiger partial charge < -0.3 is 15.4 Å². The third kappa shape index (κ3) is 3.97. The monoisotopic (exact) mass is 406 g/mol. The average Bonchev–Trinajstić information content (AvgIpc) is 3.30. The number of carbonyl (C=O) groups is 2. The number of amides is 2. The summed E-state index contributed by atoms with van der Waals surface area (Å²) in [5.74, 6) is 0.520. The second kappa shape index (κ2) is 7.76. The highest BCUT2D eigenvalue weighted by Crippen LogP contribution is 2.30. The molecule has 2 aromatic heterocycles. The van der Waals surface area contributed by atoms with Gasteiger partial charge in [-0.15, -0.1) is 11.3 Å². The zero-order valence-corrected chi connectivity index (χ0v) is 16.6. The Morgan fingerprint density at radius 3 is 2.66 bits per heavy atom. The number of nitrogens with zero attached hydrogens (tertiary/aromatic N) is 1. The lowest BCUT2D eigenvalue weighted by atomic mass is 10.2. The molecule has 0 saturated heterocycles. The molecule has 0 atom stereocenters. The summed E-state index contributed by atoms with van der Waals surface area (Å²) in [6, 6.07) is 16.2. The Bertz CT molecular complexity index is 1210. The van der Waals surface area contributed by atoms with Crippen LogP contribution in [0.5, 0.6) is 5.75 Å². The number of thiophene rings is 1. The third-order valence-electron chi connectivity index (χ3n) is 4.32. The van der Waals surface area contributed by atoms with Crippen LogP contribution in [0.2, 0.25) is 0 Å². The molecule has 0 unspecified atom stereocenters. The average molecular weight is 406 g/mol. The Kier molecular flexibility index (Phi) is 5.01. The summed E-state index contributed by atoms with van der Waals surface area (Å²) >= 11 is 1.25. The smallest absolute Gasteiger partial charge is 0.265 e. The molecule has 0 saturated carbocycles. The van der Waals surface area contributed by atoms with Gasteiger partial charge in [0.05, 0.1) is 17.4 Å². The number of aromatic nitrogens is 2. The normalized spacial score (nSPS) is 10.7. The van der Waals surface area contributed by atoms with E-state index >= 15 is 0 Å². The van der Waals surface area contributed by atoms with Crippen LogP contribution < -0.4 is 15.4 Å². The van der Waals surface area contributed by atoms with Crippen molar-refractivity contribution in [1.82, 2.24) is 10.2 Å². The fourth-order valence-electron chi connectivity index (χ4n) is 2.88. The van der Waals surface area contributed by atoms with Crippen molar-refractivity contribution in [3.05, 3.63) is 70.6 Å². The van der Waals surface area contributed by atoms with Crippen molar-refractivity contribution in [1.29, 1.82) is 0 Å². The molecule has 4 rings (SSSR count). The molecule has 0 fully saturated rings. The molecule has 0 spiro atoms. The molecule has 146 valence electrons. The van der Waals surface area contributed by atoms with E-state index in [4.69, 9.17) is 4.74 Å². The van der Waals surface area contributed by atoms with Crippen molar-refractivity contribution < 1.29 is 14.3 Å². The molecule has 0 aliphatic rings. The standard InChI is InChI=1S/C21H18N4O3S/c1-12-5-3-7-14(9-12)22-20(27)17-11-16-18(24-25-21(16)29-17)23-19(26)13-6-4-8-15(10-13)28-2/h3-11H,1-2H3,(H,22,27)(H2,23,24,25,26). The van der Waals surface area contributed by atoms with E-state index in [1.54, 1.807) is 37.4 Å². The number of hydrogen-bond acceptors (Lipinski definition) is 5. The maximum Gasteiger partial charge on any atom is 0.265 e. The van der Waals surface area contributed by atoms with Crippen LogP contribution >= 0.6 is 11.3 Å². The number of H-pyrrole nitrogens is 1. The summed E-state index contributed by atoms with van der Waals surface area (Å²) in [5.41, 5.74) is 2.25. The summed E-state index contributed by atoms with van der Waals surface area (Å²) in [4.78, 5) is 26.3. The number of hydrogen-bond donors (Lipinski definition) is 3. The molecular weight excluding hydrogens is 388 g/mol. The highest BCUT2D eigenvalue weighted by molar-refractivity contribution is 7.20. The minimum Gasteiger partial charge on any atom is -0.497 e. The lowest BCUT2D eigenvalue weighted by molar-refractivity contribution is 0.102. The van der Waals surface area contributed by atoms with Crippen molar-refractivity contribution >= 4 is 44.9 Å². The number of nitrogens with one attached hydrogen (secondary N) is 3. The van der Waals surface area contributed by atoms with E-state index in [1.807, 2.05) is 31.2 Å². The van der Waals surface area contributed by atoms with Gasteiger partial charge in [-0.2, -0.15) is 5.10 Å². The van der Waals surface area contributed by atoms with Gasteiger partial charge >= 0.3 is 0 Å². The molecule has 8 heteroatoms. The number of aromatic amines is 1. The fraction of sp³-hybridized carbons (Fsp3) is 0.0952. The SMILES string of the molecule is COc1cccc(C(=O)Nc2[nH]nc3sc(C(=O)Nc4cccc(C)c4)cc23)c1. The minimum absolute atomic E-state index is 0.219. The number of methoxy groups -OCH3 is 1. The Labute approximate surface area is 170 Å². The summed E-state index contributed by atoms with van der Waals surface area (Å²) in [6.07, 6.45) is 0. The van der Waals surface area contributed by atoms with Crippen LogP contribution in [0.15, 0.2) is 54.6 Å². The van der Waals surface area contributed by atoms with Gasteiger partial charge in [-0.25, -0.2) is 0 Å². The molecule has 2 amide bonds. The predicted molar refractivity (Wildman–Crippen MR) is 114 cm³/mol. The summed E-state index contributed by atoms with van der Waals surface area (Å²) in [6.45, 7) is 1.96. The summed E-state index contributed by atoms with van der Waals surface area (Å²) in [5, 5.41) is 13.4. The number of anilines is 2. The maximum absolute atomic E-state index is 12.6. The number of aryl methyl sites for hydroxylation is 1. The van der Waals surface area contributed by atoms with Crippen LogP contribution in [0.1, 0.15) is 25.6 Å². The molecular formula is C21H18N4O3S. The van der Waals surface area contributed by atoms with Gasteiger partial charge in [-0.1, -0.05) is 18.2 Å². The zero-order valence-electron chi connectivity index (χ0n) is 15.8. The number of fused-ring (bicyclic) bond motifs is 1. The lowest BCUT2D eigenvalue weighted by Crippen LogP contribution is -2.12. The van der Waals surface area contributed by atoms with Crippen LogP contribution in [-0.4, -0.2) is 29.1 Å². The summed E-state index contributed by atoms with van der Waals surface area (Å²) < 4.78 is 5.15. The molecule has 29 heavy (non-hydrogen) atoms. The predicted octanol–water partition coefficient (Wildman–Crippen LogP) is 4.45. The minimum atomic E-state index is -0.300. The Morgan fingerprint density at radius 2 is 1.86 bits per heavy atom. The highest BCUT2D eigenvalue weighted by atomic mass is 32.1. The van der Waals surface area contributed by atoms with Crippen LogP contribution in [0.4, 0.5) is 11.5 Å². The van der Waals surface area contributed by atoms with E-state index in [2.05, 4.69) is 20.8 Å². The van der Waals surface area contributed by atoms with E-state index in [0.717, 1.165) is 11.3 Å². The Hall–Kier alpha value is -3.65. The number of benzene rings is 2. The van der Waals surface area contributed by atoms with E-state index in [0.29, 0.717) is 32.2 Å². The van der Waals surface area contributed by atoms with E-state index in [-0.39, 0.29) is 11.8 Å². The van der Waals surface area contributed by atoms with Gasteiger partial charge in [0, 0.05) is 11.3 Å². The van der Waals surface area contributed by atoms with Crippen molar-refractivity contribution in [2.24, 2.45) is 0 Å². The fourth-order valence-corrected chi connectivity index (χ4v) is 3.77. The Balaban J connectivity index is 1.54. The Morgan fingerprint density at radius 1 is 1.03 bits per heavy atom. The maximum atomic E-state index is 12.6. The van der Waals surface area contributed by atoms with Crippen LogP contribution in [0.25, 0.3) is 10.2 Å². The van der Waals surface area contributed by atoms with Gasteiger partial charge in [0.2, 0.25) is 0 Å². The largest absolute Gasteiger partial charge is 0.497 e. The number of rotatable bonds is 5. The molecule has 4 aromatic rings. The second-order valence-electron chi connectivity index (χ2n) is 6.44. The zero-order chi connectivity index (χ0) is 20.4. The van der Waals surface area contributed by atoms with Crippen molar-refractivity contribution in [3.63, 3.8) is 0 Å². The summed E-state index contributed by atoms with van der Waals surface area (Å²) in [7, 11) is 1.55. The molecule has 2 heterocycles. The van der Waals surface area contributed by atoms with Crippen molar-refractivity contribution in [2.45, 2.75) is 6.92 Å². The van der Waals surface area contributed by atoms with Gasteiger partial charge in [0.25, 0.3) is 11.8 Å². The number of ether oxygens (including phenoxy) is 1. The lowest BCUT2D eigenvalue weighted by Gasteiger charge is -2.05. The first kappa shape index (κ1) is 18.7. The molecule has 0 aliphatic carbocycles. The van der Waals surface area contributed by atoms with Gasteiger partial charge in [0.15, 0.2) is 0 Å². The molecule has 0 bridgehead atoms. The molecule has 7 nitrogen and oxygen atoms in total. The second-order valence-corrected chi connectivity index (χ2v) is 7.47. The number of carbonyl (C=O) groups excluding carboxylic acids is 2. The first-order valence-electron chi connectivity index (χ1n) is 8.85. The third-order valence-corrected chi connectivity index (χ3v) is 5.35. The first-order chi connectivity index (χ1) is 14.0. The molecule has 2 aromatic carbocycles. The van der Waals surface area contributed by atoms with Gasteiger partial charge in [-0.05, 0) is 48.9 Å². The van der Waals surface area contributed by atoms with Crippen LogP contribution in [-0.2, 0) is 0 Å². The van der Waals surface area contributed by atoms with Crippen LogP contribution in [0, 0.1) is 6.92 Å². The molecule has 0 radical (unpaired) electrons. The topological polar surface area (TPSA) is 96.1 Å². The van der Waals surface area contributed by atoms with Gasteiger partial charge in [0.1, 0.15) is 16.4 Å². The van der Waals surface area contributed by atoms with Crippen LogP contribution in [0.3, 0.4) is 0 Å². The van der Waals surface area contributed by atoms with E-state index in [9.17, 15) is 9.59 Å². The molecule has 0 aliphatic heterocycles. The van der Waals surface area contributed by atoms with Crippen molar-refractivity contribution in [2.75, 3.05) is 17.7 Å². The first-order valence-corrected chi connectivity index (χ1v) is 9.66. The van der Waals surface area contributed by atoms with Gasteiger partial charge in [-0.3, -0.25) is 14.7 Å².